The van der Waals surface area contributed by atoms with Gasteiger partial charge >= 0.3 is 0 Å². The normalized spacial score (nSPS) is 12.2. The highest BCUT2D eigenvalue weighted by molar-refractivity contribution is 6.26. The van der Waals surface area contributed by atoms with Gasteiger partial charge in [-0.25, -0.2) is 0 Å². The van der Waals surface area contributed by atoms with E-state index in [1.165, 1.54) is 121 Å². The maximum atomic E-state index is 6.99. The molecule has 0 aliphatic carbocycles. The first-order chi connectivity index (χ1) is 39.7. The van der Waals surface area contributed by atoms with Crippen molar-refractivity contribution in [3.8, 4) is 112 Å². The number of para-hydroxylation sites is 1. The third-order valence-corrected chi connectivity index (χ3v) is 17.1. The molecular weight excluding hydrogens is 969 g/mol. The van der Waals surface area contributed by atoms with Crippen LogP contribution in [-0.4, -0.2) is 0 Å². The summed E-state index contributed by atoms with van der Waals surface area (Å²) in [5, 5.41) is 14.5. The minimum atomic E-state index is 0.861. The largest absolute Gasteiger partial charge is 0.456 e. The van der Waals surface area contributed by atoms with E-state index in [2.05, 4.69) is 273 Å². The number of hydrogen-bond donors (Lipinski definition) is 0. The molecule has 80 heavy (non-hydrogen) atoms. The summed E-state index contributed by atoms with van der Waals surface area (Å²) in [6.07, 6.45) is 0. The van der Waals surface area contributed by atoms with Crippen molar-refractivity contribution in [1.29, 1.82) is 0 Å². The van der Waals surface area contributed by atoms with Gasteiger partial charge < -0.3 is 9.47 Å². The zero-order chi connectivity index (χ0) is 52.4. The van der Waals surface area contributed by atoms with Gasteiger partial charge in [0.1, 0.15) is 23.0 Å². The van der Waals surface area contributed by atoms with Gasteiger partial charge in [-0.3, -0.25) is 0 Å². The van der Waals surface area contributed by atoms with Gasteiger partial charge in [-0.05, 0) is 162 Å². The topological polar surface area (TPSA) is 18.5 Å². The van der Waals surface area contributed by atoms with Crippen molar-refractivity contribution in [3.63, 3.8) is 0 Å². The van der Waals surface area contributed by atoms with E-state index < -0.39 is 0 Å². The van der Waals surface area contributed by atoms with Gasteiger partial charge in [0.15, 0.2) is 0 Å². The second-order valence-electron chi connectivity index (χ2n) is 21.3. The van der Waals surface area contributed by atoms with Gasteiger partial charge in [-0.15, -0.1) is 0 Å². The summed E-state index contributed by atoms with van der Waals surface area (Å²) in [6, 6.07) is 102. The van der Waals surface area contributed by atoms with Crippen LogP contribution in [-0.2, 0) is 0 Å². The Hall–Kier alpha value is -10.5. The van der Waals surface area contributed by atoms with Gasteiger partial charge in [-0.2, -0.15) is 0 Å². The molecular formula is C78H46O2. The van der Waals surface area contributed by atoms with Crippen LogP contribution < -0.4 is 9.47 Å². The molecule has 0 fully saturated rings. The molecule has 0 saturated heterocycles. The standard InChI is InChI=1S/C78H46O2/c1-2-16-47(17-3-1)48-32-36-50(37-33-48)73-55-19-4-8-23-59(55)76(60-24-9-5-20-56(60)73)68-45-43-66-54-41-40-52(46-72(54)80-71-31-15-28-64(68)78(66)71)49-34-38-51(39-35-49)74-57-21-6-10-25-61(57)75(62-26-11-7-22-58(62)74)67-44-42-65-53-18-12-13-29-69(53)79-70-30-14-27-63(67)77(65)70/h1-46H. The van der Waals surface area contributed by atoms with E-state index in [1.54, 1.807) is 0 Å². The fourth-order valence-corrected chi connectivity index (χ4v) is 13.6. The molecule has 2 heterocycles. The number of fused-ring (bicyclic) bond motifs is 8. The molecule has 0 amide bonds. The van der Waals surface area contributed by atoms with Crippen molar-refractivity contribution >= 4 is 64.6 Å². The highest BCUT2D eigenvalue weighted by Crippen LogP contribution is 2.54. The van der Waals surface area contributed by atoms with Gasteiger partial charge in [-0.1, -0.05) is 249 Å². The van der Waals surface area contributed by atoms with Gasteiger partial charge in [0.25, 0.3) is 0 Å². The third kappa shape index (κ3) is 6.66. The molecule has 15 aromatic rings. The number of hydrogen-bond acceptors (Lipinski definition) is 2. The molecule has 0 bridgehead atoms. The lowest BCUT2D eigenvalue weighted by Gasteiger charge is -2.24. The summed E-state index contributed by atoms with van der Waals surface area (Å²) in [6.45, 7) is 0. The van der Waals surface area contributed by atoms with Crippen LogP contribution in [0.3, 0.4) is 0 Å². The van der Waals surface area contributed by atoms with Crippen molar-refractivity contribution in [1.82, 2.24) is 0 Å². The molecule has 2 heteroatoms. The van der Waals surface area contributed by atoms with Gasteiger partial charge in [0.05, 0.1) is 0 Å². The average Bonchev–Trinajstić information content (AvgIpc) is 3.66. The second kappa shape index (κ2) is 17.5. The minimum Gasteiger partial charge on any atom is -0.456 e. The second-order valence-corrected chi connectivity index (χ2v) is 21.3. The Balaban J connectivity index is 0.744. The summed E-state index contributed by atoms with van der Waals surface area (Å²) in [4.78, 5) is 0. The summed E-state index contributed by atoms with van der Waals surface area (Å²) >= 11 is 0. The predicted octanol–water partition coefficient (Wildman–Crippen LogP) is 22.2. The molecule has 0 atom stereocenters. The lowest BCUT2D eigenvalue weighted by atomic mass is 9.83. The van der Waals surface area contributed by atoms with E-state index in [4.69, 9.17) is 9.47 Å². The molecule has 0 unspecified atom stereocenters. The summed E-state index contributed by atoms with van der Waals surface area (Å²) in [5.74, 6) is 3.53. The molecule has 2 aliphatic heterocycles. The molecule has 0 aromatic heterocycles. The van der Waals surface area contributed by atoms with Gasteiger partial charge in [0.2, 0.25) is 0 Å². The first-order valence-corrected chi connectivity index (χ1v) is 27.6. The van der Waals surface area contributed by atoms with Crippen LogP contribution in [0.25, 0.3) is 154 Å². The van der Waals surface area contributed by atoms with Crippen LogP contribution in [0.1, 0.15) is 0 Å². The predicted molar refractivity (Wildman–Crippen MR) is 335 cm³/mol. The summed E-state index contributed by atoms with van der Waals surface area (Å²) in [7, 11) is 0. The van der Waals surface area contributed by atoms with Crippen molar-refractivity contribution in [2.75, 3.05) is 0 Å². The number of ether oxygens (including phenoxy) is 2. The quantitative estimate of drug-likeness (QED) is 0.155. The maximum Gasteiger partial charge on any atom is 0.135 e. The molecule has 0 radical (unpaired) electrons. The maximum absolute atomic E-state index is 6.99. The SMILES string of the molecule is c1ccc(-c2ccc(-c3c4ccccc4c(-c4ccc5c6c(cccc46)Oc4cc(-c6ccc(-c7c8ccccc8c(-c8ccc9c%10c(cccc8%10)Oc8ccccc8-9)c8ccccc78)cc6)ccc4-5)c4ccccc34)cc2)cc1. The Kier molecular flexibility index (Phi) is 9.75. The molecule has 0 saturated carbocycles. The van der Waals surface area contributed by atoms with Crippen LogP contribution in [0.15, 0.2) is 279 Å². The Labute approximate surface area is 462 Å². The van der Waals surface area contributed by atoms with Crippen LogP contribution in [0, 0.1) is 0 Å². The zero-order valence-corrected chi connectivity index (χ0v) is 43.4. The summed E-state index contributed by atoms with van der Waals surface area (Å²) in [5.41, 5.74) is 19.0. The van der Waals surface area contributed by atoms with E-state index in [9.17, 15) is 0 Å². The molecule has 2 nitrogen and oxygen atoms in total. The van der Waals surface area contributed by atoms with Crippen LogP contribution in [0.2, 0.25) is 0 Å². The highest BCUT2D eigenvalue weighted by Gasteiger charge is 2.27. The Morgan fingerprint density at radius 3 is 0.963 bits per heavy atom. The van der Waals surface area contributed by atoms with E-state index in [0.29, 0.717) is 0 Å². The third-order valence-electron chi connectivity index (χ3n) is 17.1. The van der Waals surface area contributed by atoms with E-state index in [-0.39, 0.29) is 0 Å². The van der Waals surface area contributed by atoms with Crippen molar-refractivity contribution in [3.05, 3.63) is 279 Å². The fraction of sp³-hybridized carbons (Fsp3) is 0. The zero-order valence-electron chi connectivity index (χ0n) is 43.4. The van der Waals surface area contributed by atoms with Gasteiger partial charge in [0, 0.05) is 21.9 Å². The first kappa shape index (κ1) is 44.6. The molecule has 370 valence electrons. The van der Waals surface area contributed by atoms with E-state index >= 15 is 0 Å². The van der Waals surface area contributed by atoms with Crippen molar-refractivity contribution < 1.29 is 9.47 Å². The molecule has 2 aliphatic rings. The highest BCUT2D eigenvalue weighted by atomic mass is 16.5. The first-order valence-electron chi connectivity index (χ1n) is 27.6. The molecule has 17 rings (SSSR count). The Bertz CT molecular complexity index is 4980. The lowest BCUT2D eigenvalue weighted by molar-refractivity contribution is 0.487. The molecule has 0 N–H and O–H groups in total. The van der Waals surface area contributed by atoms with E-state index in [1.807, 2.05) is 6.07 Å². The van der Waals surface area contributed by atoms with Crippen LogP contribution >= 0.6 is 0 Å². The average molecular weight is 1020 g/mol. The Morgan fingerprint density at radius 2 is 0.475 bits per heavy atom. The molecule has 0 spiro atoms. The van der Waals surface area contributed by atoms with Crippen LogP contribution in [0.5, 0.6) is 23.0 Å². The van der Waals surface area contributed by atoms with Crippen LogP contribution in [0.4, 0.5) is 0 Å². The Morgan fingerprint density at radius 1 is 0.163 bits per heavy atom. The minimum absolute atomic E-state index is 0.861. The van der Waals surface area contributed by atoms with E-state index in [0.717, 1.165) is 56.0 Å². The van der Waals surface area contributed by atoms with Crippen molar-refractivity contribution in [2.45, 2.75) is 0 Å². The number of rotatable bonds is 6. The number of benzene rings is 15. The van der Waals surface area contributed by atoms with Crippen molar-refractivity contribution in [2.24, 2.45) is 0 Å². The smallest absolute Gasteiger partial charge is 0.135 e. The fourth-order valence-electron chi connectivity index (χ4n) is 13.6. The molecule has 15 aromatic carbocycles. The lowest BCUT2D eigenvalue weighted by Crippen LogP contribution is -1.99. The summed E-state index contributed by atoms with van der Waals surface area (Å²) < 4.78 is 13.5. The monoisotopic (exact) mass is 1010 g/mol.